The van der Waals surface area contributed by atoms with Gasteiger partial charge in [-0.15, -0.1) is 0 Å². The number of ether oxygens (including phenoxy) is 1. The van der Waals surface area contributed by atoms with Gasteiger partial charge in [-0.1, -0.05) is 13.8 Å². The molecule has 0 aliphatic heterocycles. The quantitative estimate of drug-likeness (QED) is 0.803. The summed E-state index contributed by atoms with van der Waals surface area (Å²) in [4.78, 5) is 12.1. The number of methoxy groups -OCH3 is 1. The van der Waals surface area contributed by atoms with Gasteiger partial charge in [0, 0.05) is 20.0 Å². The zero-order valence-electron chi connectivity index (χ0n) is 14.9. The van der Waals surface area contributed by atoms with Crippen LogP contribution in [-0.4, -0.2) is 30.2 Å². The Kier molecular flexibility index (Phi) is 3.70. The second-order valence-electron chi connectivity index (χ2n) is 9.49. The van der Waals surface area contributed by atoms with Crippen molar-refractivity contribution in [2.45, 2.75) is 77.4 Å². The molecule has 0 amide bonds. The fourth-order valence-corrected chi connectivity index (χ4v) is 7.39. The molecule has 3 nitrogen and oxygen atoms in total. The molecule has 0 heterocycles. The van der Waals surface area contributed by atoms with Gasteiger partial charge >= 0.3 is 0 Å². The number of rotatable bonds is 1. The first-order chi connectivity index (χ1) is 10.9. The standard InChI is InChI=1S/C20H32O3/c1-19-8-6-14-13(16(19)10-12(21)11-19)4-5-15-18(23-3)17(22)7-9-20(14,15)2/h13-18,22H,4-11H2,1-3H3/t13-,14+,15+,16+,17-,18-,19-,20-/m1/s1. The van der Waals surface area contributed by atoms with Gasteiger partial charge in [0.1, 0.15) is 5.78 Å². The number of hydrogen-bond donors (Lipinski definition) is 1. The molecule has 0 aromatic rings. The Morgan fingerprint density at radius 2 is 1.83 bits per heavy atom. The molecule has 8 atom stereocenters. The average molecular weight is 320 g/mol. The van der Waals surface area contributed by atoms with E-state index >= 15 is 0 Å². The van der Waals surface area contributed by atoms with E-state index in [1.54, 1.807) is 7.11 Å². The van der Waals surface area contributed by atoms with Crippen molar-refractivity contribution in [2.75, 3.05) is 7.11 Å². The van der Waals surface area contributed by atoms with Crippen molar-refractivity contribution in [1.82, 2.24) is 0 Å². The predicted molar refractivity (Wildman–Crippen MR) is 88.9 cm³/mol. The molecule has 4 fully saturated rings. The smallest absolute Gasteiger partial charge is 0.133 e. The highest BCUT2D eigenvalue weighted by Gasteiger charge is 2.61. The maximum atomic E-state index is 12.1. The van der Waals surface area contributed by atoms with Crippen molar-refractivity contribution in [1.29, 1.82) is 0 Å². The van der Waals surface area contributed by atoms with Gasteiger partial charge in [0.25, 0.3) is 0 Å². The highest BCUT2D eigenvalue weighted by molar-refractivity contribution is 5.82. The fourth-order valence-electron chi connectivity index (χ4n) is 7.39. The number of Topliss-reactive ketones (excluding diaryl/α,β-unsaturated/α-hetero) is 1. The fraction of sp³-hybridized carbons (Fsp3) is 0.950. The molecule has 0 aromatic heterocycles. The molecule has 0 radical (unpaired) electrons. The third kappa shape index (κ3) is 2.18. The molecule has 0 unspecified atom stereocenters. The lowest BCUT2D eigenvalue weighted by molar-refractivity contribution is -0.179. The van der Waals surface area contributed by atoms with Gasteiger partial charge < -0.3 is 9.84 Å². The largest absolute Gasteiger partial charge is 0.390 e. The summed E-state index contributed by atoms with van der Waals surface area (Å²) in [6.07, 6.45) is 8.23. The lowest BCUT2D eigenvalue weighted by atomic mass is 9.45. The van der Waals surface area contributed by atoms with E-state index in [1.807, 2.05) is 0 Å². The molecular weight excluding hydrogens is 288 g/mol. The molecule has 0 spiro atoms. The number of carbonyl (C=O) groups is 1. The monoisotopic (exact) mass is 320 g/mol. The Balaban J connectivity index is 1.64. The summed E-state index contributed by atoms with van der Waals surface area (Å²) in [7, 11) is 1.76. The van der Waals surface area contributed by atoms with Gasteiger partial charge in [-0.2, -0.15) is 0 Å². The van der Waals surface area contributed by atoms with Crippen LogP contribution >= 0.6 is 0 Å². The molecule has 0 saturated heterocycles. The number of aliphatic hydroxyl groups is 1. The first-order valence-electron chi connectivity index (χ1n) is 9.61. The molecule has 4 rings (SSSR count). The minimum absolute atomic E-state index is 0.00761. The van der Waals surface area contributed by atoms with E-state index < -0.39 is 0 Å². The summed E-state index contributed by atoms with van der Waals surface area (Å²) in [6, 6.07) is 0. The highest BCUT2D eigenvalue weighted by atomic mass is 16.5. The van der Waals surface area contributed by atoms with E-state index in [1.165, 1.54) is 19.3 Å². The first kappa shape index (κ1) is 16.1. The van der Waals surface area contributed by atoms with Crippen LogP contribution in [0.4, 0.5) is 0 Å². The number of carbonyl (C=O) groups excluding carboxylic acids is 1. The topological polar surface area (TPSA) is 46.5 Å². The average Bonchev–Trinajstić information content (AvgIpc) is 2.82. The molecule has 3 heteroatoms. The summed E-state index contributed by atoms with van der Waals surface area (Å²) in [6.45, 7) is 4.83. The molecule has 0 aromatic carbocycles. The Morgan fingerprint density at radius 1 is 1.04 bits per heavy atom. The Morgan fingerprint density at radius 3 is 2.57 bits per heavy atom. The number of aliphatic hydroxyl groups excluding tert-OH is 1. The van der Waals surface area contributed by atoms with Crippen molar-refractivity contribution in [3.63, 3.8) is 0 Å². The lowest BCUT2D eigenvalue weighted by Crippen LogP contribution is -2.58. The summed E-state index contributed by atoms with van der Waals surface area (Å²) in [5, 5.41) is 10.4. The maximum Gasteiger partial charge on any atom is 0.133 e. The SMILES string of the molecule is CO[C@H]1[C@H](O)CC[C@]2(C)[C@H]3CC[C@]4(C)CC(=O)C[C@H]4[C@@H]3CC[C@@H]12. The molecule has 0 bridgehead atoms. The van der Waals surface area contributed by atoms with E-state index in [0.29, 0.717) is 23.5 Å². The van der Waals surface area contributed by atoms with Gasteiger partial charge in [0.05, 0.1) is 12.2 Å². The second-order valence-corrected chi connectivity index (χ2v) is 9.49. The van der Waals surface area contributed by atoms with Crippen molar-refractivity contribution >= 4 is 5.78 Å². The van der Waals surface area contributed by atoms with Gasteiger partial charge in [-0.3, -0.25) is 4.79 Å². The lowest BCUT2D eigenvalue weighted by Gasteiger charge is -2.61. The van der Waals surface area contributed by atoms with Gasteiger partial charge in [0.2, 0.25) is 0 Å². The van der Waals surface area contributed by atoms with E-state index in [-0.39, 0.29) is 23.0 Å². The van der Waals surface area contributed by atoms with Crippen molar-refractivity contribution < 1.29 is 14.6 Å². The third-order valence-corrected chi connectivity index (χ3v) is 8.54. The van der Waals surface area contributed by atoms with Crippen LogP contribution in [-0.2, 0) is 9.53 Å². The second kappa shape index (κ2) is 5.29. The predicted octanol–water partition coefficient (Wildman–Crippen LogP) is 3.58. The minimum Gasteiger partial charge on any atom is -0.390 e. The van der Waals surface area contributed by atoms with E-state index in [9.17, 15) is 9.90 Å². The van der Waals surface area contributed by atoms with Gasteiger partial charge in [0.15, 0.2) is 0 Å². The molecule has 4 aliphatic rings. The van der Waals surface area contributed by atoms with E-state index in [2.05, 4.69) is 13.8 Å². The number of hydrogen-bond acceptors (Lipinski definition) is 3. The van der Waals surface area contributed by atoms with E-state index in [4.69, 9.17) is 4.74 Å². The van der Waals surface area contributed by atoms with Crippen LogP contribution in [0.1, 0.15) is 65.2 Å². The zero-order chi connectivity index (χ0) is 16.4. The Labute approximate surface area is 140 Å². The molecule has 1 N–H and O–H groups in total. The summed E-state index contributed by atoms with van der Waals surface area (Å²) < 4.78 is 5.74. The van der Waals surface area contributed by atoms with Gasteiger partial charge in [-0.25, -0.2) is 0 Å². The van der Waals surface area contributed by atoms with Crippen molar-refractivity contribution in [3.05, 3.63) is 0 Å². The number of fused-ring (bicyclic) bond motifs is 5. The molecule has 23 heavy (non-hydrogen) atoms. The molecular formula is C20H32O3. The summed E-state index contributed by atoms with van der Waals surface area (Å²) in [5.74, 6) is 3.03. The minimum atomic E-state index is -0.295. The molecule has 130 valence electrons. The third-order valence-electron chi connectivity index (χ3n) is 8.54. The van der Waals surface area contributed by atoms with Crippen LogP contribution in [0.15, 0.2) is 0 Å². The highest BCUT2D eigenvalue weighted by Crippen LogP contribution is 2.65. The van der Waals surface area contributed by atoms with Crippen LogP contribution < -0.4 is 0 Å². The Bertz CT molecular complexity index is 503. The molecule has 4 aliphatic carbocycles. The summed E-state index contributed by atoms with van der Waals surface area (Å²) >= 11 is 0. The molecule has 4 saturated carbocycles. The number of ketones is 1. The summed E-state index contributed by atoms with van der Waals surface area (Å²) in [5.41, 5.74) is 0.562. The van der Waals surface area contributed by atoms with Crippen molar-refractivity contribution in [3.8, 4) is 0 Å². The normalized spacial score (nSPS) is 55.9. The van der Waals surface area contributed by atoms with Crippen LogP contribution in [0.5, 0.6) is 0 Å². The van der Waals surface area contributed by atoms with Crippen LogP contribution in [0.3, 0.4) is 0 Å². The van der Waals surface area contributed by atoms with E-state index in [0.717, 1.165) is 38.0 Å². The van der Waals surface area contributed by atoms with Crippen LogP contribution in [0.2, 0.25) is 0 Å². The van der Waals surface area contributed by atoms with Gasteiger partial charge in [-0.05, 0) is 73.0 Å². The Hall–Kier alpha value is -0.410. The van der Waals surface area contributed by atoms with Crippen LogP contribution in [0, 0.1) is 34.5 Å². The maximum absolute atomic E-state index is 12.1. The first-order valence-corrected chi connectivity index (χ1v) is 9.61. The zero-order valence-corrected chi connectivity index (χ0v) is 14.9. The van der Waals surface area contributed by atoms with Crippen molar-refractivity contribution in [2.24, 2.45) is 34.5 Å². The van der Waals surface area contributed by atoms with Crippen LogP contribution in [0.25, 0.3) is 0 Å².